The van der Waals surface area contributed by atoms with Crippen LogP contribution in [0, 0.1) is 0 Å². The minimum atomic E-state index is -0.456. The Morgan fingerprint density at radius 3 is 0.806 bits per heavy atom. The number of unbranched alkanes of at least 4 members (excludes halogenated alkanes) is 41. The normalized spacial score (nSPS) is 16.1. The Hall–Kier alpha value is -2.42. The summed E-state index contributed by atoms with van der Waals surface area (Å²) in [4.78, 5) is 35.5. The van der Waals surface area contributed by atoms with Crippen LogP contribution in [-0.4, -0.2) is 167 Å². The molecule has 1 fully saturated rings. The van der Waals surface area contributed by atoms with Gasteiger partial charge in [0.15, 0.2) is 0 Å². The average Bonchev–Trinajstić information content (AvgIpc) is 0.850. The van der Waals surface area contributed by atoms with Gasteiger partial charge in [0.1, 0.15) is 13.2 Å². The summed E-state index contributed by atoms with van der Waals surface area (Å²) in [5.74, 6) is -0.362. The molecule has 0 amide bonds. The van der Waals surface area contributed by atoms with Crippen LogP contribution in [0.3, 0.4) is 0 Å². The van der Waals surface area contributed by atoms with E-state index < -0.39 is 24.4 Å². The second kappa shape index (κ2) is 76.4. The van der Waals surface area contributed by atoms with Gasteiger partial charge in [0.25, 0.3) is 0 Å². The fraction of sp³-hybridized carbons (Fsp3) is 0.890. The number of aliphatic hydroxyl groups excluding tert-OH is 4. The van der Waals surface area contributed by atoms with E-state index in [2.05, 4.69) is 110 Å². The number of carbonyl (C=O) groups excluding carboxylic acids is 2. The molecule has 6 atom stereocenters. The first-order valence-corrected chi connectivity index (χ1v) is 45.0. The maximum atomic E-state index is 13.2. The van der Waals surface area contributed by atoms with Gasteiger partial charge in [-0.2, -0.15) is 0 Å². The highest BCUT2D eigenvalue weighted by atomic mass is 16.5. The molecule has 606 valence electrons. The molecule has 1 rings (SSSR count). The topological polar surface area (TPSA) is 146 Å². The van der Waals surface area contributed by atoms with E-state index in [1.54, 1.807) is 0 Å². The Kier molecular flexibility index (Phi) is 73.1. The summed E-state index contributed by atoms with van der Waals surface area (Å²) < 4.78 is 11.6. The molecule has 1 aliphatic heterocycles. The van der Waals surface area contributed by atoms with E-state index >= 15 is 0 Å². The van der Waals surface area contributed by atoms with E-state index in [-0.39, 0.29) is 24.0 Å². The summed E-state index contributed by atoms with van der Waals surface area (Å²) in [7, 11) is 0. The highest BCUT2D eigenvalue weighted by Gasteiger charge is 2.29. The van der Waals surface area contributed by atoms with Crippen molar-refractivity contribution in [3.8, 4) is 0 Å². The molecule has 0 spiro atoms. The smallest absolute Gasteiger partial charge is 0.305 e. The van der Waals surface area contributed by atoms with Crippen LogP contribution in [0.4, 0.5) is 0 Å². The molecule has 12 heteroatoms. The standard InChI is InChI=1S/C91H174N4O8/c1-7-11-15-19-23-27-31-35-39-43-47-51-55-59-66-86(96)80-92(81-87(97)67-60-56-52-48-44-40-36-32-28-24-20-16-12-8-2)72-64-63-70-90(100)102-76-74-94-78-85(6)95(79-84(94)5)75-77-103-91(101)71-65-73-93(82-88(98)68-61-57-53-49-45-41-37-33-29-25-21-17-13-9-3)83-89(99)69-62-58-54-50-46-42-38-34-30-26-22-18-14-10-4/h35-42,84-89,96-99H,7-34,43-83H2,1-6H3/b39-35-,40-36-,41-37-,42-38-. The highest BCUT2D eigenvalue weighted by Crippen LogP contribution is 2.20. The molecule has 12 nitrogen and oxygen atoms in total. The first-order chi connectivity index (χ1) is 50.4. The van der Waals surface area contributed by atoms with Crippen molar-refractivity contribution in [1.29, 1.82) is 0 Å². The molecule has 0 aromatic heterocycles. The molecular formula is C91H174N4O8. The van der Waals surface area contributed by atoms with Crippen LogP contribution in [0.15, 0.2) is 48.6 Å². The van der Waals surface area contributed by atoms with Gasteiger partial charge in [-0.1, -0.05) is 282 Å². The van der Waals surface area contributed by atoms with Crippen LogP contribution >= 0.6 is 0 Å². The molecule has 0 aliphatic carbocycles. The van der Waals surface area contributed by atoms with Crippen molar-refractivity contribution in [3.05, 3.63) is 48.6 Å². The van der Waals surface area contributed by atoms with Gasteiger partial charge >= 0.3 is 11.9 Å². The Bertz CT molecular complexity index is 1830. The molecule has 0 radical (unpaired) electrons. The van der Waals surface area contributed by atoms with Gasteiger partial charge in [0.05, 0.1) is 24.4 Å². The molecule has 0 saturated carbocycles. The van der Waals surface area contributed by atoms with Crippen molar-refractivity contribution in [1.82, 2.24) is 19.6 Å². The van der Waals surface area contributed by atoms with Crippen LogP contribution in [0.1, 0.15) is 408 Å². The Labute approximate surface area is 639 Å². The molecular weight excluding hydrogens is 1280 g/mol. The molecule has 103 heavy (non-hydrogen) atoms. The average molecular weight is 1450 g/mol. The fourth-order valence-corrected chi connectivity index (χ4v) is 14.8. The van der Waals surface area contributed by atoms with Crippen molar-refractivity contribution in [2.24, 2.45) is 0 Å². The number of aliphatic hydroxyl groups is 4. The van der Waals surface area contributed by atoms with Crippen LogP contribution in [0.25, 0.3) is 0 Å². The summed E-state index contributed by atoms with van der Waals surface area (Å²) in [6.45, 7) is 20.8. The maximum absolute atomic E-state index is 13.2. The summed E-state index contributed by atoms with van der Waals surface area (Å²) in [5, 5.41) is 44.9. The SMILES string of the molecule is CCCCCCCC/C=C\CCCCCCC(O)CN(CCCCC(=O)OCCN1CC(C)N(CCOC(=O)CCCN(CC(O)CCCCCC/C=C\CCCCCCCC)CC(O)CCCCCC/C=C\CCCCCCCC)CC1C)CC(O)CCCCCC/C=C\CCCCCCCC. The van der Waals surface area contributed by atoms with Gasteiger partial charge in [-0.15, -0.1) is 0 Å². The first kappa shape index (κ1) is 98.6. The van der Waals surface area contributed by atoms with Crippen molar-refractivity contribution in [2.45, 2.75) is 444 Å². The number of hydrogen-bond donors (Lipinski definition) is 4. The van der Waals surface area contributed by atoms with Crippen LogP contribution in [0.2, 0.25) is 0 Å². The van der Waals surface area contributed by atoms with Gasteiger partial charge in [-0.3, -0.25) is 29.2 Å². The Morgan fingerprint density at radius 2 is 0.544 bits per heavy atom. The van der Waals surface area contributed by atoms with Crippen molar-refractivity contribution in [3.63, 3.8) is 0 Å². The third-order valence-corrected chi connectivity index (χ3v) is 21.6. The third kappa shape index (κ3) is 67.4. The minimum Gasteiger partial charge on any atom is -0.464 e. The number of nitrogens with zero attached hydrogens (tertiary/aromatic N) is 4. The highest BCUT2D eigenvalue weighted by molar-refractivity contribution is 5.69. The lowest BCUT2D eigenvalue weighted by Crippen LogP contribution is -2.57. The van der Waals surface area contributed by atoms with E-state index in [1.165, 1.54) is 231 Å². The fourth-order valence-electron chi connectivity index (χ4n) is 14.8. The van der Waals surface area contributed by atoms with Gasteiger partial charge in [-0.05, 0) is 175 Å². The molecule has 1 aliphatic rings. The van der Waals surface area contributed by atoms with E-state index in [1.807, 2.05) is 0 Å². The summed E-state index contributed by atoms with van der Waals surface area (Å²) in [6.07, 6.45) is 82.9. The molecule has 4 N–H and O–H groups in total. The van der Waals surface area contributed by atoms with Gasteiger partial charge in [0, 0.05) is 77.3 Å². The Balaban J connectivity index is 2.57. The quantitative estimate of drug-likeness (QED) is 0.0261. The predicted octanol–water partition coefficient (Wildman–Crippen LogP) is 23.1. The zero-order chi connectivity index (χ0) is 74.8. The second-order valence-electron chi connectivity index (χ2n) is 31.9. The zero-order valence-corrected chi connectivity index (χ0v) is 69.1. The second-order valence-corrected chi connectivity index (χ2v) is 31.9. The zero-order valence-electron chi connectivity index (χ0n) is 69.1. The molecule has 1 saturated heterocycles. The number of esters is 2. The summed E-state index contributed by atoms with van der Waals surface area (Å²) in [5.41, 5.74) is 0. The number of hydrogen-bond acceptors (Lipinski definition) is 12. The maximum Gasteiger partial charge on any atom is 0.305 e. The number of allylic oxidation sites excluding steroid dienone is 8. The third-order valence-electron chi connectivity index (χ3n) is 21.6. The van der Waals surface area contributed by atoms with Crippen LogP contribution in [-0.2, 0) is 19.1 Å². The van der Waals surface area contributed by atoms with Crippen molar-refractivity contribution in [2.75, 3.05) is 78.7 Å². The van der Waals surface area contributed by atoms with Gasteiger partial charge in [0.2, 0.25) is 0 Å². The molecule has 0 aromatic rings. The van der Waals surface area contributed by atoms with Crippen molar-refractivity contribution >= 4 is 11.9 Å². The lowest BCUT2D eigenvalue weighted by atomic mass is 10.1. The largest absolute Gasteiger partial charge is 0.464 e. The number of piperazine rings is 1. The number of rotatable bonds is 79. The van der Waals surface area contributed by atoms with E-state index in [0.29, 0.717) is 84.7 Å². The molecule has 0 bridgehead atoms. The van der Waals surface area contributed by atoms with E-state index in [9.17, 15) is 30.0 Å². The van der Waals surface area contributed by atoms with Crippen molar-refractivity contribution < 1.29 is 39.5 Å². The van der Waals surface area contributed by atoms with E-state index in [4.69, 9.17) is 9.47 Å². The van der Waals surface area contributed by atoms with Gasteiger partial charge in [-0.25, -0.2) is 0 Å². The van der Waals surface area contributed by atoms with Gasteiger partial charge < -0.3 is 29.9 Å². The Morgan fingerprint density at radius 1 is 0.320 bits per heavy atom. The summed E-state index contributed by atoms with van der Waals surface area (Å²) >= 11 is 0. The number of carbonyl (C=O) groups is 2. The monoisotopic (exact) mass is 1450 g/mol. The first-order valence-electron chi connectivity index (χ1n) is 45.0. The predicted molar refractivity (Wildman–Crippen MR) is 443 cm³/mol. The number of ether oxygens (including phenoxy) is 2. The minimum absolute atomic E-state index is 0.167. The lowest BCUT2D eigenvalue weighted by molar-refractivity contribution is -0.146. The molecule has 6 unspecified atom stereocenters. The summed E-state index contributed by atoms with van der Waals surface area (Å²) in [6, 6.07) is 0.519. The molecule has 1 heterocycles. The van der Waals surface area contributed by atoms with Crippen LogP contribution in [0.5, 0.6) is 0 Å². The van der Waals surface area contributed by atoms with Crippen LogP contribution < -0.4 is 0 Å². The lowest BCUT2D eigenvalue weighted by Gasteiger charge is -2.44. The van der Waals surface area contributed by atoms with E-state index in [0.717, 1.165) is 129 Å². The molecule has 0 aromatic carbocycles.